The van der Waals surface area contributed by atoms with Crippen LogP contribution >= 0.6 is 0 Å². The van der Waals surface area contributed by atoms with Gasteiger partial charge in [-0.3, -0.25) is 4.79 Å². The van der Waals surface area contributed by atoms with Gasteiger partial charge in [-0.1, -0.05) is 6.07 Å². The summed E-state index contributed by atoms with van der Waals surface area (Å²) in [5, 5.41) is 5.38. The number of hydrogen-bond acceptors (Lipinski definition) is 2. The van der Waals surface area contributed by atoms with E-state index >= 15 is 0 Å². The van der Waals surface area contributed by atoms with Gasteiger partial charge >= 0.3 is 6.18 Å². The number of amides is 1. The van der Waals surface area contributed by atoms with Gasteiger partial charge in [-0.2, -0.15) is 13.2 Å². The van der Waals surface area contributed by atoms with Crippen molar-refractivity contribution < 1.29 is 18.0 Å². The van der Waals surface area contributed by atoms with Gasteiger partial charge in [-0.05, 0) is 31.0 Å². The van der Waals surface area contributed by atoms with Gasteiger partial charge in [-0.25, -0.2) is 0 Å². The van der Waals surface area contributed by atoms with Gasteiger partial charge in [0, 0.05) is 25.7 Å². The Morgan fingerprint density at radius 1 is 1.32 bits per heavy atom. The molecule has 0 saturated heterocycles. The van der Waals surface area contributed by atoms with Gasteiger partial charge in [-0.15, -0.1) is 0 Å². The highest BCUT2D eigenvalue weighted by molar-refractivity contribution is 5.99. The molecule has 0 heterocycles. The number of alkyl halides is 3. The normalized spacial score (nSPS) is 11.2. The van der Waals surface area contributed by atoms with Crippen molar-refractivity contribution in [3.63, 3.8) is 0 Å². The third-order valence-corrected chi connectivity index (χ3v) is 2.61. The van der Waals surface area contributed by atoms with Crippen LogP contribution < -0.4 is 10.6 Å². The Bertz CT molecular complexity index is 444. The molecular weight excluding hydrogens is 257 g/mol. The number of benzene rings is 1. The summed E-state index contributed by atoms with van der Waals surface area (Å²) in [7, 11) is 1.69. The summed E-state index contributed by atoms with van der Waals surface area (Å²) in [4.78, 5) is 11.8. The lowest BCUT2D eigenvalue weighted by Crippen LogP contribution is -2.26. The predicted octanol–water partition coefficient (Wildman–Crippen LogP) is 3.11. The molecule has 0 aliphatic carbocycles. The summed E-state index contributed by atoms with van der Waals surface area (Å²) in [6.45, 7) is 1.90. The third-order valence-electron chi connectivity index (χ3n) is 2.61. The van der Waals surface area contributed by atoms with E-state index in [9.17, 15) is 18.0 Å². The van der Waals surface area contributed by atoms with Crippen molar-refractivity contribution in [2.24, 2.45) is 0 Å². The molecule has 0 aromatic heterocycles. The second-order valence-electron chi connectivity index (χ2n) is 4.27. The quantitative estimate of drug-likeness (QED) is 0.810. The molecule has 0 radical (unpaired) electrons. The van der Waals surface area contributed by atoms with Gasteiger partial charge in [0.1, 0.15) is 0 Å². The molecule has 6 heteroatoms. The Morgan fingerprint density at radius 3 is 2.58 bits per heavy atom. The summed E-state index contributed by atoms with van der Waals surface area (Å²) >= 11 is 0. The van der Waals surface area contributed by atoms with Gasteiger partial charge in [0.25, 0.3) is 5.91 Å². The van der Waals surface area contributed by atoms with E-state index in [0.717, 1.165) is 5.56 Å². The average molecular weight is 274 g/mol. The third kappa shape index (κ3) is 5.19. The molecule has 106 valence electrons. The zero-order valence-electron chi connectivity index (χ0n) is 10.9. The first-order valence-electron chi connectivity index (χ1n) is 5.97. The minimum atomic E-state index is -4.18. The molecule has 3 nitrogen and oxygen atoms in total. The van der Waals surface area contributed by atoms with Crippen molar-refractivity contribution in [1.29, 1.82) is 0 Å². The Morgan fingerprint density at radius 2 is 2.00 bits per heavy atom. The maximum absolute atomic E-state index is 11.9. The van der Waals surface area contributed by atoms with E-state index < -0.39 is 12.6 Å². The maximum atomic E-state index is 11.9. The first-order chi connectivity index (χ1) is 8.83. The highest BCUT2D eigenvalue weighted by Crippen LogP contribution is 2.21. The monoisotopic (exact) mass is 274 g/mol. The molecule has 0 bridgehead atoms. The van der Waals surface area contributed by atoms with E-state index in [-0.39, 0.29) is 18.9 Å². The molecule has 0 unspecified atom stereocenters. The fourth-order valence-electron chi connectivity index (χ4n) is 1.65. The van der Waals surface area contributed by atoms with E-state index in [0.29, 0.717) is 11.3 Å². The topological polar surface area (TPSA) is 41.1 Å². The largest absolute Gasteiger partial charge is 0.389 e. The molecular formula is C13H17F3N2O. The van der Waals surface area contributed by atoms with Crippen LogP contribution in [0.1, 0.15) is 28.8 Å². The highest BCUT2D eigenvalue weighted by atomic mass is 19.4. The Kier molecular flexibility index (Phi) is 5.20. The number of carbonyl (C=O) groups is 1. The first-order valence-corrected chi connectivity index (χ1v) is 5.97. The van der Waals surface area contributed by atoms with E-state index in [4.69, 9.17) is 0 Å². The zero-order chi connectivity index (χ0) is 14.5. The van der Waals surface area contributed by atoms with Crippen LogP contribution in [0.2, 0.25) is 0 Å². The number of aryl methyl sites for hydroxylation is 1. The van der Waals surface area contributed by atoms with Crippen LogP contribution in [0.5, 0.6) is 0 Å². The van der Waals surface area contributed by atoms with Crippen molar-refractivity contribution in [3.05, 3.63) is 29.3 Å². The standard InChI is InChI=1S/C13H17F3N2O/c1-9-4-5-10(11(8-9)17-2)12(19)18-7-3-6-13(14,15)16/h4-5,8,17H,3,6-7H2,1-2H3,(H,18,19). The average Bonchev–Trinajstić information content (AvgIpc) is 2.33. The van der Waals surface area contributed by atoms with Crippen LogP contribution in [-0.2, 0) is 0 Å². The fourth-order valence-corrected chi connectivity index (χ4v) is 1.65. The van der Waals surface area contributed by atoms with Gasteiger partial charge in [0.05, 0.1) is 5.56 Å². The van der Waals surface area contributed by atoms with Crippen LogP contribution in [0.3, 0.4) is 0 Å². The van der Waals surface area contributed by atoms with Crippen molar-refractivity contribution in [2.75, 3.05) is 18.9 Å². The Hall–Kier alpha value is -1.72. The molecule has 0 spiro atoms. The molecule has 1 rings (SSSR count). The molecule has 1 amide bonds. The number of hydrogen-bond donors (Lipinski definition) is 2. The molecule has 0 atom stereocenters. The van der Waals surface area contributed by atoms with E-state index in [2.05, 4.69) is 10.6 Å². The summed E-state index contributed by atoms with van der Waals surface area (Å²) in [5.41, 5.74) is 2.09. The molecule has 1 aromatic rings. The molecule has 0 aliphatic rings. The molecule has 0 fully saturated rings. The summed E-state index contributed by atoms with van der Waals surface area (Å²) in [5.74, 6) is -0.369. The van der Waals surface area contributed by atoms with Gasteiger partial charge in [0.2, 0.25) is 0 Å². The number of rotatable bonds is 5. The van der Waals surface area contributed by atoms with Crippen LogP contribution in [-0.4, -0.2) is 25.7 Å². The summed E-state index contributed by atoms with van der Waals surface area (Å²) in [6, 6.07) is 5.25. The lowest BCUT2D eigenvalue weighted by atomic mass is 10.1. The highest BCUT2D eigenvalue weighted by Gasteiger charge is 2.26. The van der Waals surface area contributed by atoms with Crippen LogP contribution in [0.4, 0.5) is 18.9 Å². The Balaban J connectivity index is 2.54. The number of nitrogens with one attached hydrogen (secondary N) is 2. The number of halogens is 3. The Labute approximate surface area is 110 Å². The lowest BCUT2D eigenvalue weighted by molar-refractivity contribution is -0.135. The zero-order valence-corrected chi connectivity index (χ0v) is 10.9. The van der Waals surface area contributed by atoms with E-state index in [1.807, 2.05) is 13.0 Å². The summed E-state index contributed by atoms with van der Waals surface area (Å²) < 4.78 is 35.8. The first kappa shape index (κ1) is 15.3. The van der Waals surface area contributed by atoms with Crippen molar-refractivity contribution in [3.8, 4) is 0 Å². The van der Waals surface area contributed by atoms with Crippen LogP contribution in [0.15, 0.2) is 18.2 Å². The SMILES string of the molecule is CNc1cc(C)ccc1C(=O)NCCCC(F)(F)F. The van der Waals surface area contributed by atoms with Crippen molar-refractivity contribution in [1.82, 2.24) is 5.32 Å². The molecule has 0 aliphatic heterocycles. The van der Waals surface area contributed by atoms with Crippen LogP contribution in [0.25, 0.3) is 0 Å². The van der Waals surface area contributed by atoms with Crippen LogP contribution in [0, 0.1) is 6.92 Å². The van der Waals surface area contributed by atoms with Crippen molar-refractivity contribution >= 4 is 11.6 Å². The predicted molar refractivity (Wildman–Crippen MR) is 68.3 cm³/mol. The van der Waals surface area contributed by atoms with Crippen molar-refractivity contribution in [2.45, 2.75) is 25.9 Å². The minimum Gasteiger partial charge on any atom is -0.387 e. The lowest BCUT2D eigenvalue weighted by Gasteiger charge is -2.11. The van der Waals surface area contributed by atoms with Gasteiger partial charge in [0.15, 0.2) is 0 Å². The second kappa shape index (κ2) is 6.45. The molecule has 1 aromatic carbocycles. The smallest absolute Gasteiger partial charge is 0.387 e. The number of carbonyl (C=O) groups excluding carboxylic acids is 1. The summed E-state index contributed by atoms with van der Waals surface area (Å²) in [6.07, 6.45) is -5.18. The minimum absolute atomic E-state index is 0.00930. The van der Waals surface area contributed by atoms with E-state index in [1.165, 1.54) is 0 Å². The van der Waals surface area contributed by atoms with E-state index in [1.54, 1.807) is 19.2 Å². The molecule has 0 saturated carbocycles. The molecule has 19 heavy (non-hydrogen) atoms. The fraction of sp³-hybridized carbons (Fsp3) is 0.462. The van der Waals surface area contributed by atoms with Gasteiger partial charge < -0.3 is 10.6 Å². The second-order valence-corrected chi connectivity index (χ2v) is 4.27. The molecule has 2 N–H and O–H groups in total. The number of anilines is 1. The maximum Gasteiger partial charge on any atom is 0.389 e.